The van der Waals surface area contributed by atoms with E-state index in [4.69, 9.17) is 9.97 Å². The second-order valence-electron chi connectivity index (χ2n) is 10.8. The van der Waals surface area contributed by atoms with Gasteiger partial charge in [0.25, 0.3) is 0 Å². The van der Waals surface area contributed by atoms with Crippen molar-refractivity contribution < 1.29 is 13.6 Å². The summed E-state index contributed by atoms with van der Waals surface area (Å²) in [5.41, 5.74) is 2.29. The van der Waals surface area contributed by atoms with E-state index in [1.54, 1.807) is 24.5 Å². The minimum Gasteiger partial charge on any atom is -0.356 e. The molecule has 2 N–H and O–H groups in total. The van der Waals surface area contributed by atoms with Gasteiger partial charge in [0.15, 0.2) is 5.82 Å². The number of para-hydroxylation sites is 1. The number of hydrogen-bond acceptors (Lipinski definition) is 7. The molecule has 6 rings (SSSR count). The number of halogens is 2. The van der Waals surface area contributed by atoms with E-state index in [1.165, 1.54) is 18.2 Å². The summed E-state index contributed by atoms with van der Waals surface area (Å²) in [5, 5.41) is 6.80. The van der Waals surface area contributed by atoms with Crippen molar-refractivity contribution in [1.29, 1.82) is 0 Å². The average Bonchev–Trinajstić information content (AvgIpc) is 3.80. The molecule has 40 heavy (non-hydrogen) atoms. The van der Waals surface area contributed by atoms with Gasteiger partial charge in [0.05, 0.1) is 11.7 Å². The van der Waals surface area contributed by atoms with Gasteiger partial charge in [-0.1, -0.05) is 6.07 Å². The second-order valence-corrected chi connectivity index (χ2v) is 10.8. The largest absolute Gasteiger partial charge is 0.356 e. The fourth-order valence-corrected chi connectivity index (χ4v) is 5.29. The van der Waals surface area contributed by atoms with Crippen LogP contribution in [0.15, 0.2) is 48.9 Å². The molecule has 2 aliphatic rings. The Hall–Kier alpha value is -4.21. The predicted octanol–water partition coefficient (Wildman–Crippen LogP) is 5.73. The van der Waals surface area contributed by atoms with Crippen LogP contribution in [0, 0.1) is 17.6 Å². The van der Waals surface area contributed by atoms with E-state index in [0.717, 1.165) is 48.0 Å². The Bertz CT molecular complexity index is 1550. The Labute approximate surface area is 231 Å². The van der Waals surface area contributed by atoms with Gasteiger partial charge in [0.1, 0.15) is 29.0 Å². The SMILES string of the molecule is CC(C)NC(=O)C1CCN(c2nc(-c3ccnc(Nc4c(F)cccc4F)c3)nc3cncc(C4CC4)c23)CC1. The monoisotopic (exact) mass is 543 g/mol. The van der Waals surface area contributed by atoms with Gasteiger partial charge in [-0.15, -0.1) is 0 Å². The highest BCUT2D eigenvalue weighted by atomic mass is 19.1. The lowest BCUT2D eigenvalue weighted by Gasteiger charge is -2.33. The Morgan fingerprint density at radius 2 is 1.77 bits per heavy atom. The topological polar surface area (TPSA) is 95.9 Å². The molecule has 1 saturated carbocycles. The van der Waals surface area contributed by atoms with Crippen LogP contribution in [0.4, 0.5) is 26.1 Å². The van der Waals surface area contributed by atoms with Crippen molar-refractivity contribution >= 4 is 34.1 Å². The summed E-state index contributed by atoms with van der Waals surface area (Å²) in [7, 11) is 0. The number of carbonyl (C=O) groups is 1. The number of aromatic nitrogens is 4. The molecule has 8 nitrogen and oxygen atoms in total. The maximum atomic E-state index is 14.2. The number of nitrogens with zero attached hydrogens (tertiary/aromatic N) is 5. The zero-order valence-corrected chi connectivity index (χ0v) is 22.5. The summed E-state index contributed by atoms with van der Waals surface area (Å²) in [5.74, 6) is 0.688. The summed E-state index contributed by atoms with van der Waals surface area (Å²) in [6.07, 6.45) is 8.94. The van der Waals surface area contributed by atoms with Crippen molar-refractivity contribution in [1.82, 2.24) is 25.3 Å². The number of piperidine rings is 1. The molecular weight excluding hydrogens is 512 g/mol. The van der Waals surface area contributed by atoms with Crippen LogP contribution in [0.2, 0.25) is 0 Å². The molecule has 0 bridgehead atoms. The summed E-state index contributed by atoms with van der Waals surface area (Å²) >= 11 is 0. The molecule has 0 atom stereocenters. The van der Waals surface area contributed by atoms with Gasteiger partial charge in [0, 0.05) is 48.4 Å². The molecule has 206 valence electrons. The quantitative estimate of drug-likeness (QED) is 0.307. The predicted molar refractivity (Wildman–Crippen MR) is 150 cm³/mol. The minimum absolute atomic E-state index is 0.0246. The second kappa shape index (κ2) is 10.7. The number of nitrogens with one attached hydrogen (secondary N) is 2. The van der Waals surface area contributed by atoms with Crippen LogP contribution in [0.1, 0.15) is 51.0 Å². The summed E-state index contributed by atoms with van der Waals surface area (Å²) < 4.78 is 28.5. The van der Waals surface area contributed by atoms with Crippen LogP contribution >= 0.6 is 0 Å². The molecule has 1 aromatic carbocycles. The number of rotatable bonds is 7. The first kappa shape index (κ1) is 26.0. The fraction of sp³-hybridized carbons (Fsp3) is 0.367. The van der Waals surface area contributed by atoms with Gasteiger partial charge >= 0.3 is 0 Å². The lowest BCUT2D eigenvalue weighted by molar-refractivity contribution is -0.126. The normalized spacial score (nSPS) is 16.0. The number of amides is 1. The molecule has 0 unspecified atom stereocenters. The molecule has 0 spiro atoms. The van der Waals surface area contributed by atoms with Crippen LogP contribution in [-0.2, 0) is 4.79 Å². The molecule has 2 fully saturated rings. The third kappa shape index (κ3) is 5.30. The Balaban J connectivity index is 1.36. The van der Waals surface area contributed by atoms with Crippen LogP contribution in [-0.4, -0.2) is 45.0 Å². The van der Waals surface area contributed by atoms with E-state index in [2.05, 4.69) is 25.5 Å². The van der Waals surface area contributed by atoms with Crippen LogP contribution in [0.3, 0.4) is 0 Å². The molecule has 1 amide bonds. The fourth-order valence-electron chi connectivity index (χ4n) is 5.29. The van der Waals surface area contributed by atoms with Gasteiger partial charge in [0.2, 0.25) is 5.91 Å². The van der Waals surface area contributed by atoms with E-state index >= 15 is 0 Å². The van der Waals surface area contributed by atoms with E-state index in [9.17, 15) is 13.6 Å². The highest BCUT2D eigenvalue weighted by Crippen LogP contribution is 2.45. The highest BCUT2D eigenvalue weighted by molar-refractivity contribution is 5.94. The lowest BCUT2D eigenvalue weighted by atomic mass is 9.95. The molecule has 4 aromatic rings. The molecule has 3 aromatic heterocycles. The first-order valence-corrected chi connectivity index (χ1v) is 13.8. The lowest BCUT2D eigenvalue weighted by Crippen LogP contribution is -2.42. The van der Waals surface area contributed by atoms with Crippen molar-refractivity contribution in [3.8, 4) is 11.4 Å². The Morgan fingerprint density at radius 1 is 1.02 bits per heavy atom. The van der Waals surface area contributed by atoms with Crippen molar-refractivity contribution in [2.75, 3.05) is 23.3 Å². The Morgan fingerprint density at radius 3 is 2.48 bits per heavy atom. The summed E-state index contributed by atoms with van der Waals surface area (Å²) in [6.45, 7) is 5.34. The standard InChI is InChI=1S/C30H31F2N7O/c1-17(2)35-30(40)19-9-12-39(13-10-19)29-26-21(18-6-7-18)15-33-16-24(26)36-28(38-29)20-8-11-34-25(14-20)37-27-22(31)4-3-5-23(27)32/h3-5,8,11,14-19H,6-7,9-10,12-13H2,1-2H3,(H,34,37)(H,35,40). The number of pyridine rings is 2. The van der Waals surface area contributed by atoms with Crippen LogP contribution in [0.5, 0.6) is 0 Å². The van der Waals surface area contributed by atoms with Crippen LogP contribution < -0.4 is 15.5 Å². The van der Waals surface area contributed by atoms with Crippen molar-refractivity contribution in [2.24, 2.45) is 5.92 Å². The summed E-state index contributed by atoms with van der Waals surface area (Å²) in [4.78, 5) is 33.5. The first-order valence-electron chi connectivity index (χ1n) is 13.8. The van der Waals surface area contributed by atoms with Gasteiger partial charge < -0.3 is 15.5 Å². The molecule has 0 radical (unpaired) electrons. The third-order valence-electron chi connectivity index (χ3n) is 7.46. The molecule has 1 saturated heterocycles. The van der Waals surface area contributed by atoms with Crippen LogP contribution in [0.25, 0.3) is 22.3 Å². The van der Waals surface area contributed by atoms with E-state index in [-0.39, 0.29) is 29.4 Å². The minimum atomic E-state index is -0.708. The highest BCUT2D eigenvalue weighted by Gasteiger charge is 2.31. The van der Waals surface area contributed by atoms with Gasteiger partial charge in [-0.2, -0.15) is 0 Å². The molecule has 1 aliphatic heterocycles. The van der Waals surface area contributed by atoms with E-state index in [1.807, 2.05) is 20.0 Å². The Kier molecular flexibility index (Phi) is 7.00. The van der Waals surface area contributed by atoms with Gasteiger partial charge in [-0.05, 0) is 75.3 Å². The number of fused-ring (bicyclic) bond motifs is 1. The molecule has 1 aliphatic carbocycles. The van der Waals surface area contributed by atoms with Gasteiger partial charge in [-0.25, -0.2) is 23.7 Å². The maximum Gasteiger partial charge on any atom is 0.223 e. The summed E-state index contributed by atoms with van der Waals surface area (Å²) in [6, 6.07) is 7.25. The van der Waals surface area contributed by atoms with Gasteiger partial charge in [-0.3, -0.25) is 9.78 Å². The molecular formula is C30H31F2N7O. The third-order valence-corrected chi connectivity index (χ3v) is 7.46. The van der Waals surface area contributed by atoms with Crippen molar-refractivity contribution in [2.45, 2.75) is 51.5 Å². The van der Waals surface area contributed by atoms with Crippen molar-refractivity contribution in [3.63, 3.8) is 0 Å². The van der Waals surface area contributed by atoms with Crippen molar-refractivity contribution in [3.05, 3.63) is 66.1 Å². The maximum absolute atomic E-state index is 14.2. The first-order chi connectivity index (χ1) is 19.4. The number of carbonyl (C=O) groups excluding carboxylic acids is 1. The average molecular weight is 544 g/mol. The number of hydrogen-bond donors (Lipinski definition) is 2. The zero-order valence-electron chi connectivity index (χ0n) is 22.5. The van der Waals surface area contributed by atoms with E-state index in [0.29, 0.717) is 30.4 Å². The number of benzene rings is 1. The molecule has 4 heterocycles. The van der Waals surface area contributed by atoms with E-state index < -0.39 is 11.6 Å². The molecule has 10 heteroatoms. The smallest absolute Gasteiger partial charge is 0.223 e. The number of anilines is 3. The zero-order chi connectivity index (χ0) is 27.8.